The third-order valence-corrected chi connectivity index (χ3v) is 8.55. The van der Waals surface area contributed by atoms with Gasteiger partial charge in [-0.15, -0.1) is 0 Å². The quantitative estimate of drug-likeness (QED) is 0.0441. The van der Waals surface area contributed by atoms with Crippen molar-refractivity contribution in [3.63, 3.8) is 0 Å². The van der Waals surface area contributed by atoms with Crippen LogP contribution in [0.4, 0.5) is 27.5 Å². The molecule has 1 aliphatic rings. The van der Waals surface area contributed by atoms with Gasteiger partial charge in [-0.05, 0) is 53.3 Å². The minimum Gasteiger partial charge on any atom is -0.480 e. The number of carbonyl (C=O) groups is 3. The number of rotatable bonds is 18. The molecule has 4 aromatic rings. The first-order valence-electron chi connectivity index (χ1n) is 16.6. The number of carbonyl (C=O) groups excluding carboxylic acids is 2. The molecule has 0 aromatic heterocycles. The Morgan fingerprint density at radius 1 is 0.827 bits per heavy atom. The standard InChI is InChI=1S/C37H37N5O10/c43-35(17-5-2-10-20-38-32-19-18-26(41(47)48)21-34(32)42(49)50)39-33(36(44)45)23-51-24-40(25-11-3-1-4-12-25)37(46)52-22-31-29-15-8-6-13-27(29)28-14-7-9-16-30(28)31/h1,3-4,6-9,11-16,18-19,21,31,33,38H,2,5,10,17,20,22-24H2,(H,39,43)(H,44,45)/t33-/m0/s1. The largest absolute Gasteiger partial charge is 0.480 e. The van der Waals surface area contributed by atoms with Crippen molar-refractivity contribution in [2.24, 2.45) is 0 Å². The molecule has 0 saturated carbocycles. The van der Waals surface area contributed by atoms with Crippen LogP contribution in [0.25, 0.3) is 11.1 Å². The van der Waals surface area contributed by atoms with Crippen LogP contribution in [0.5, 0.6) is 0 Å². The lowest BCUT2D eigenvalue weighted by atomic mass is 9.98. The van der Waals surface area contributed by atoms with Gasteiger partial charge >= 0.3 is 12.1 Å². The Morgan fingerprint density at radius 3 is 2.12 bits per heavy atom. The number of non-ortho nitro benzene ring substituents is 1. The maximum atomic E-state index is 13.4. The second-order valence-corrected chi connectivity index (χ2v) is 12.0. The number of benzene rings is 4. The van der Waals surface area contributed by atoms with Gasteiger partial charge < -0.3 is 25.2 Å². The molecule has 270 valence electrons. The fourth-order valence-corrected chi connectivity index (χ4v) is 5.96. The SMILES string of the molecule is O=C(CCCCCNc1ccc([N+](=O)[O-])cc1[N+](=O)[O-])N[C@@H](COCN(C(=O)OCC1c2ccccc2-c2ccccc21)c1ccccc1)C(=O)O. The second-order valence-electron chi connectivity index (χ2n) is 12.0. The van der Waals surface area contributed by atoms with Crippen molar-refractivity contribution in [2.45, 2.75) is 37.6 Å². The molecule has 2 amide bonds. The third kappa shape index (κ3) is 9.25. The molecule has 4 aromatic carbocycles. The molecular weight excluding hydrogens is 674 g/mol. The Labute approximate surface area is 298 Å². The van der Waals surface area contributed by atoms with Crippen molar-refractivity contribution in [1.82, 2.24) is 5.32 Å². The maximum Gasteiger partial charge on any atom is 0.416 e. The molecule has 0 saturated heterocycles. The molecule has 0 radical (unpaired) electrons. The van der Waals surface area contributed by atoms with Crippen LogP contribution < -0.4 is 15.5 Å². The summed E-state index contributed by atoms with van der Waals surface area (Å²) < 4.78 is 11.5. The summed E-state index contributed by atoms with van der Waals surface area (Å²) in [6.45, 7) is -0.357. The molecule has 1 aliphatic carbocycles. The van der Waals surface area contributed by atoms with E-state index in [-0.39, 0.29) is 31.4 Å². The summed E-state index contributed by atoms with van der Waals surface area (Å²) in [5.74, 6) is -1.98. The number of nitrogens with zero attached hydrogens (tertiary/aromatic N) is 3. The van der Waals surface area contributed by atoms with E-state index in [2.05, 4.69) is 10.6 Å². The summed E-state index contributed by atoms with van der Waals surface area (Å²) in [5, 5.41) is 37.3. The summed E-state index contributed by atoms with van der Waals surface area (Å²) in [6, 6.07) is 26.6. The van der Waals surface area contributed by atoms with Gasteiger partial charge in [0.2, 0.25) is 5.91 Å². The highest BCUT2D eigenvalue weighted by Crippen LogP contribution is 2.44. The summed E-state index contributed by atoms with van der Waals surface area (Å²) in [6.07, 6.45) is 0.825. The van der Waals surface area contributed by atoms with E-state index in [0.29, 0.717) is 31.5 Å². The highest BCUT2D eigenvalue weighted by Gasteiger charge is 2.30. The number of anilines is 2. The number of unbranched alkanes of at least 4 members (excludes halogenated alkanes) is 2. The van der Waals surface area contributed by atoms with Crippen LogP contribution in [0.1, 0.15) is 42.7 Å². The number of hydrogen-bond acceptors (Lipinski definition) is 10. The molecule has 0 bridgehead atoms. The zero-order valence-corrected chi connectivity index (χ0v) is 28.0. The Bertz CT molecular complexity index is 1880. The molecular formula is C37H37N5O10. The normalized spacial score (nSPS) is 12.2. The van der Waals surface area contributed by atoms with Crippen LogP contribution in [-0.4, -0.2) is 65.5 Å². The lowest BCUT2D eigenvalue weighted by molar-refractivity contribution is -0.393. The molecule has 5 rings (SSSR count). The van der Waals surface area contributed by atoms with Gasteiger partial charge in [0.25, 0.3) is 11.4 Å². The minimum absolute atomic E-state index is 0.0251. The zero-order valence-electron chi connectivity index (χ0n) is 28.0. The number of nitrogens with one attached hydrogen (secondary N) is 2. The van der Waals surface area contributed by atoms with Gasteiger partial charge in [0.05, 0.1) is 22.5 Å². The van der Waals surface area contributed by atoms with Gasteiger partial charge in [-0.1, -0.05) is 73.2 Å². The summed E-state index contributed by atoms with van der Waals surface area (Å²) >= 11 is 0. The smallest absolute Gasteiger partial charge is 0.416 e. The number of fused-ring (bicyclic) bond motifs is 3. The highest BCUT2D eigenvalue weighted by atomic mass is 16.6. The molecule has 52 heavy (non-hydrogen) atoms. The first-order valence-corrected chi connectivity index (χ1v) is 16.6. The molecule has 3 N–H and O–H groups in total. The maximum absolute atomic E-state index is 13.4. The van der Waals surface area contributed by atoms with Crippen molar-refractivity contribution < 1.29 is 38.8 Å². The fraction of sp³-hybridized carbons (Fsp3) is 0.270. The number of ether oxygens (including phenoxy) is 2. The number of amides is 2. The summed E-state index contributed by atoms with van der Waals surface area (Å²) in [4.78, 5) is 60.0. The first-order chi connectivity index (χ1) is 25.1. The Kier molecular flexibility index (Phi) is 12.5. The van der Waals surface area contributed by atoms with Gasteiger partial charge in [0.1, 0.15) is 19.0 Å². The average Bonchev–Trinajstić information content (AvgIpc) is 3.46. The van der Waals surface area contributed by atoms with E-state index in [0.717, 1.165) is 28.3 Å². The predicted octanol–water partition coefficient (Wildman–Crippen LogP) is 6.47. The molecule has 0 heterocycles. The highest BCUT2D eigenvalue weighted by molar-refractivity contribution is 5.88. The van der Waals surface area contributed by atoms with E-state index in [4.69, 9.17) is 9.47 Å². The van der Waals surface area contributed by atoms with E-state index < -0.39 is 51.8 Å². The predicted molar refractivity (Wildman–Crippen MR) is 191 cm³/mol. The van der Waals surface area contributed by atoms with Crippen LogP contribution in [0.15, 0.2) is 97.1 Å². The number of aliphatic carboxylic acids is 1. The monoisotopic (exact) mass is 711 g/mol. The number of nitro groups is 2. The number of carboxylic acid groups (broad SMARTS) is 1. The zero-order chi connectivity index (χ0) is 37.0. The minimum atomic E-state index is -1.38. The lowest BCUT2D eigenvalue weighted by Crippen LogP contribution is -2.45. The Hall–Kier alpha value is -6.35. The van der Waals surface area contributed by atoms with E-state index >= 15 is 0 Å². The van der Waals surface area contributed by atoms with Gasteiger partial charge in [0, 0.05) is 30.6 Å². The van der Waals surface area contributed by atoms with Crippen LogP contribution in [0, 0.1) is 20.2 Å². The van der Waals surface area contributed by atoms with Crippen LogP contribution in [0.3, 0.4) is 0 Å². The van der Waals surface area contributed by atoms with Crippen molar-refractivity contribution in [2.75, 3.05) is 36.7 Å². The van der Waals surface area contributed by atoms with Crippen molar-refractivity contribution in [3.05, 3.63) is 128 Å². The number of nitro benzene ring substituents is 2. The lowest BCUT2D eigenvalue weighted by Gasteiger charge is -2.24. The Balaban J connectivity index is 1.08. The average molecular weight is 712 g/mol. The first kappa shape index (κ1) is 36.9. The molecule has 1 atom stereocenters. The van der Waals surface area contributed by atoms with Gasteiger partial charge in [-0.2, -0.15) is 0 Å². The Morgan fingerprint density at radius 2 is 1.48 bits per heavy atom. The summed E-state index contributed by atoms with van der Waals surface area (Å²) in [7, 11) is 0. The number of para-hydroxylation sites is 1. The van der Waals surface area contributed by atoms with Crippen LogP contribution >= 0.6 is 0 Å². The van der Waals surface area contributed by atoms with E-state index in [9.17, 15) is 39.7 Å². The molecule has 15 nitrogen and oxygen atoms in total. The number of carboxylic acids is 1. The van der Waals surface area contributed by atoms with E-state index in [1.807, 2.05) is 48.5 Å². The molecule has 0 unspecified atom stereocenters. The molecule has 0 fully saturated rings. The van der Waals surface area contributed by atoms with E-state index in [1.165, 1.54) is 17.0 Å². The van der Waals surface area contributed by atoms with Gasteiger partial charge in [0.15, 0.2) is 6.04 Å². The third-order valence-electron chi connectivity index (χ3n) is 8.55. The molecule has 15 heteroatoms. The van der Waals surface area contributed by atoms with Gasteiger partial charge in [-0.3, -0.25) is 29.9 Å². The fourth-order valence-electron chi connectivity index (χ4n) is 5.96. The van der Waals surface area contributed by atoms with Crippen LogP contribution in [0.2, 0.25) is 0 Å². The molecule has 0 aliphatic heterocycles. The second kappa shape index (κ2) is 17.5. The van der Waals surface area contributed by atoms with Crippen molar-refractivity contribution in [1.29, 1.82) is 0 Å². The number of hydrogen-bond donors (Lipinski definition) is 3. The topological polar surface area (TPSA) is 203 Å². The van der Waals surface area contributed by atoms with Crippen molar-refractivity contribution in [3.8, 4) is 11.1 Å². The van der Waals surface area contributed by atoms with Gasteiger partial charge in [-0.25, -0.2) is 9.59 Å². The summed E-state index contributed by atoms with van der Waals surface area (Å²) in [5.41, 5.74) is 4.12. The van der Waals surface area contributed by atoms with Crippen LogP contribution in [-0.2, 0) is 19.1 Å². The van der Waals surface area contributed by atoms with E-state index in [1.54, 1.807) is 30.3 Å². The van der Waals surface area contributed by atoms with Crippen molar-refractivity contribution >= 4 is 40.7 Å². The molecule has 0 spiro atoms.